The Labute approximate surface area is 91.1 Å². The number of hydrogen-bond donors (Lipinski definition) is 2. The van der Waals surface area contributed by atoms with Crippen molar-refractivity contribution in [3.05, 3.63) is 32.9 Å². The van der Waals surface area contributed by atoms with E-state index in [4.69, 9.17) is 5.11 Å². The fourth-order valence-electron chi connectivity index (χ4n) is 1.13. The topological polar surface area (TPSA) is 95.9 Å². The maximum absolute atomic E-state index is 11.0. The normalized spacial score (nSPS) is 10.5. The second kappa shape index (κ2) is 3.43. The van der Waals surface area contributed by atoms with Gasteiger partial charge in [0.1, 0.15) is 5.52 Å². The van der Waals surface area contributed by atoms with E-state index in [0.717, 1.165) is 0 Å². The number of aromatic nitrogens is 3. The fraction of sp³-hybridized carbons (Fsp3) is 0. The summed E-state index contributed by atoms with van der Waals surface area (Å²) in [6.07, 6.45) is 2.49. The molecule has 0 bridgehead atoms. The zero-order valence-corrected chi connectivity index (χ0v) is 8.78. The summed E-state index contributed by atoms with van der Waals surface area (Å²) in [5.41, 5.74) is 0.193. The third-order valence-corrected chi connectivity index (χ3v) is 2.63. The molecule has 0 aliphatic carbocycles. The molecule has 7 heteroatoms. The van der Waals surface area contributed by atoms with Gasteiger partial charge in [0.15, 0.2) is 0 Å². The highest BCUT2D eigenvalue weighted by atomic mass is 79.9. The number of carboxylic acid groups (broad SMARTS) is 1. The lowest BCUT2D eigenvalue weighted by Crippen LogP contribution is -2.10. The predicted octanol–water partition coefficient (Wildman–Crippen LogP) is 0.779. The van der Waals surface area contributed by atoms with Crippen LogP contribution in [0.2, 0.25) is 0 Å². The maximum atomic E-state index is 11.0. The third kappa shape index (κ3) is 1.61. The maximum Gasteiger partial charge on any atom is 0.345 e. The van der Waals surface area contributed by atoms with Crippen molar-refractivity contribution in [2.24, 2.45) is 0 Å². The summed E-state index contributed by atoms with van der Waals surface area (Å²) in [4.78, 5) is 31.5. The highest BCUT2D eigenvalue weighted by Gasteiger charge is 2.12. The zero-order chi connectivity index (χ0) is 11.0. The summed E-state index contributed by atoms with van der Waals surface area (Å²) in [5.74, 6) is -1.12. The molecule has 0 aromatic carbocycles. The summed E-state index contributed by atoms with van der Waals surface area (Å²) in [6, 6.07) is 0. The van der Waals surface area contributed by atoms with Crippen LogP contribution in [0.3, 0.4) is 0 Å². The number of H-pyrrole nitrogens is 1. The number of fused-ring (bicyclic) bond motifs is 1. The first-order valence-electron chi connectivity index (χ1n) is 3.86. The van der Waals surface area contributed by atoms with Gasteiger partial charge in [-0.05, 0) is 15.9 Å². The van der Waals surface area contributed by atoms with Gasteiger partial charge < -0.3 is 10.1 Å². The van der Waals surface area contributed by atoms with E-state index in [1.165, 1.54) is 12.4 Å². The van der Waals surface area contributed by atoms with Gasteiger partial charge in [-0.1, -0.05) is 0 Å². The van der Waals surface area contributed by atoms with Crippen molar-refractivity contribution in [1.82, 2.24) is 15.0 Å². The summed E-state index contributed by atoms with van der Waals surface area (Å²) in [5, 5.41) is 8.82. The summed E-state index contributed by atoms with van der Waals surface area (Å²) in [7, 11) is 0. The van der Waals surface area contributed by atoms with Gasteiger partial charge in [0, 0.05) is 6.20 Å². The van der Waals surface area contributed by atoms with Crippen molar-refractivity contribution < 1.29 is 9.90 Å². The number of nitrogens with one attached hydrogen (secondary N) is 1. The molecule has 0 amide bonds. The highest BCUT2D eigenvalue weighted by Crippen LogP contribution is 2.22. The molecule has 0 atom stereocenters. The Kier molecular flexibility index (Phi) is 2.24. The van der Waals surface area contributed by atoms with Crippen molar-refractivity contribution >= 4 is 32.9 Å². The van der Waals surface area contributed by atoms with Crippen molar-refractivity contribution in [2.45, 2.75) is 0 Å². The van der Waals surface area contributed by atoms with Crippen LogP contribution in [-0.2, 0) is 0 Å². The number of nitrogens with zero attached hydrogens (tertiary/aromatic N) is 2. The van der Waals surface area contributed by atoms with E-state index in [-0.39, 0.29) is 5.56 Å². The lowest BCUT2D eigenvalue weighted by molar-refractivity contribution is 0.0695. The first kappa shape index (κ1) is 9.78. The second-order valence-corrected chi connectivity index (χ2v) is 3.53. The van der Waals surface area contributed by atoms with Crippen LogP contribution in [0, 0.1) is 0 Å². The second-order valence-electron chi connectivity index (χ2n) is 2.74. The molecule has 0 aliphatic rings. The van der Waals surface area contributed by atoms with Gasteiger partial charge in [-0.2, -0.15) is 4.98 Å². The summed E-state index contributed by atoms with van der Waals surface area (Å²) in [6.45, 7) is 0. The van der Waals surface area contributed by atoms with E-state index in [0.29, 0.717) is 15.5 Å². The van der Waals surface area contributed by atoms with Gasteiger partial charge >= 0.3 is 11.7 Å². The van der Waals surface area contributed by atoms with E-state index in [2.05, 4.69) is 30.9 Å². The average Bonchev–Trinajstić information content (AvgIpc) is 2.19. The minimum absolute atomic E-state index is 0.00986. The number of carboxylic acids is 1. The van der Waals surface area contributed by atoms with Gasteiger partial charge in [0.2, 0.25) is 0 Å². The Balaban J connectivity index is 2.88. The average molecular weight is 270 g/mol. The Bertz CT molecular complexity index is 608. The number of aromatic amines is 1. The molecule has 0 saturated carbocycles. The molecule has 2 N–H and O–H groups in total. The van der Waals surface area contributed by atoms with Crippen molar-refractivity contribution in [1.29, 1.82) is 0 Å². The van der Waals surface area contributed by atoms with Gasteiger partial charge in [0.05, 0.1) is 21.7 Å². The molecule has 0 aliphatic heterocycles. The first-order chi connectivity index (χ1) is 7.09. The standard InChI is InChI=1S/C8H4BrN3O3/c9-5-3(7(13)14)1-10-4-2-11-8(15)12-6(4)5/h1-2H,(H,13,14)(H,11,12,15). The minimum atomic E-state index is -1.12. The van der Waals surface area contributed by atoms with Gasteiger partial charge in [-0.25, -0.2) is 9.59 Å². The predicted molar refractivity (Wildman–Crippen MR) is 54.8 cm³/mol. The molecule has 2 aromatic heterocycles. The molecule has 0 spiro atoms. The molecule has 2 heterocycles. The molecule has 15 heavy (non-hydrogen) atoms. The van der Waals surface area contributed by atoms with Crippen LogP contribution in [0.4, 0.5) is 0 Å². The fourth-order valence-corrected chi connectivity index (χ4v) is 1.70. The lowest BCUT2D eigenvalue weighted by atomic mass is 10.2. The Morgan fingerprint density at radius 2 is 2.13 bits per heavy atom. The molecule has 6 nitrogen and oxygen atoms in total. The molecule has 2 rings (SSSR count). The number of carbonyl (C=O) groups is 1. The molecular formula is C8H4BrN3O3. The molecule has 0 fully saturated rings. The quantitative estimate of drug-likeness (QED) is 0.798. The summed E-state index contributed by atoms with van der Waals surface area (Å²) >= 11 is 3.10. The monoisotopic (exact) mass is 269 g/mol. The number of halogens is 1. The van der Waals surface area contributed by atoms with Gasteiger partial charge in [-0.15, -0.1) is 0 Å². The van der Waals surface area contributed by atoms with Crippen molar-refractivity contribution in [3.63, 3.8) is 0 Å². The molecule has 76 valence electrons. The van der Waals surface area contributed by atoms with Crippen LogP contribution in [0.1, 0.15) is 10.4 Å². The van der Waals surface area contributed by atoms with Crippen LogP contribution in [0.15, 0.2) is 21.7 Å². The number of pyridine rings is 1. The minimum Gasteiger partial charge on any atom is -0.478 e. The van der Waals surface area contributed by atoms with Crippen LogP contribution in [0.5, 0.6) is 0 Å². The highest BCUT2D eigenvalue weighted by molar-refractivity contribution is 9.10. The Morgan fingerprint density at radius 3 is 2.80 bits per heavy atom. The van der Waals surface area contributed by atoms with Crippen LogP contribution >= 0.6 is 15.9 Å². The van der Waals surface area contributed by atoms with Crippen molar-refractivity contribution in [3.8, 4) is 0 Å². The van der Waals surface area contributed by atoms with E-state index in [9.17, 15) is 9.59 Å². The zero-order valence-electron chi connectivity index (χ0n) is 7.19. The Hall–Kier alpha value is -1.76. The van der Waals surface area contributed by atoms with Gasteiger partial charge in [0.25, 0.3) is 0 Å². The van der Waals surface area contributed by atoms with E-state index in [1.807, 2.05) is 0 Å². The lowest BCUT2D eigenvalue weighted by Gasteiger charge is -2.01. The summed E-state index contributed by atoms with van der Waals surface area (Å²) < 4.78 is 0.291. The molecule has 0 unspecified atom stereocenters. The largest absolute Gasteiger partial charge is 0.478 e. The third-order valence-electron chi connectivity index (χ3n) is 1.81. The molecule has 2 aromatic rings. The number of hydrogen-bond acceptors (Lipinski definition) is 4. The van der Waals surface area contributed by atoms with Crippen LogP contribution in [0.25, 0.3) is 11.0 Å². The first-order valence-corrected chi connectivity index (χ1v) is 4.65. The molecular weight excluding hydrogens is 266 g/mol. The number of rotatable bonds is 1. The SMILES string of the molecule is O=C(O)c1cnc2cnc(=O)[nH]c2c1Br. The van der Waals surface area contributed by atoms with E-state index in [1.54, 1.807) is 0 Å². The van der Waals surface area contributed by atoms with E-state index >= 15 is 0 Å². The smallest absolute Gasteiger partial charge is 0.345 e. The van der Waals surface area contributed by atoms with Gasteiger partial charge in [-0.3, -0.25) is 4.98 Å². The van der Waals surface area contributed by atoms with Crippen molar-refractivity contribution in [2.75, 3.05) is 0 Å². The van der Waals surface area contributed by atoms with Crippen LogP contribution in [-0.4, -0.2) is 26.0 Å². The molecule has 0 saturated heterocycles. The molecule has 0 radical (unpaired) electrons. The number of aromatic carboxylic acids is 1. The Morgan fingerprint density at radius 1 is 1.40 bits per heavy atom. The van der Waals surface area contributed by atoms with Crippen LogP contribution < -0.4 is 5.69 Å². The van der Waals surface area contributed by atoms with E-state index < -0.39 is 11.7 Å².